The number of benzene rings is 1. The molecule has 3 rings (SSSR count). The van der Waals surface area contributed by atoms with Gasteiger partial charge in [0.05, 0.1) is 0 Å². The first-order valence-electron chi connectivity index (χ1n) is 7.96. The lowest BCUT2D eigenvalue weighted by Crippen LogP contribution is -2.58. The third-order valence-corrected chi connectivity index (χ3v) is 5.08. The van der Waals surface area contributed by atoms with Gasteiger partial charge in [-0.25, -0.2) is 4.39 Å². The smallest absolute Gasteiger partial charge is 0.127 e. The molecule has 1 heterocycles. The highest BCUT2D eigenvalue weighted by molar-refractivity contribution is 6.30. The van der Waals surface area contributed by atoms with Crippen LogP contribution in [0.25, 0.3) is 0 Å². The zero-order valence-electron chi connectivity index (χ0n) is 12.8. The average Bonchev–Trinajstić information content (AvgIpc) is 3.27. The lowest BCUT2D eigenvalue weighted by molar-refractivity contribution is 0.0915. The van der Waals surface area contributed by atoms with Crippen LogP contribution in [0.2, 0.25) is 5.02 Å². The summed E-state index contributed by atoms with van der Waals surface area (Å²) in [5.41, 5.74) is 0.720. The van der Waals surface area contributed by atoms with E-state index >= 15 is 0 Å². The van der Waals surface area contributed by atoms with E-state index in [0.29, 0.717) is 29.6 Å². The zero-order valence-corrected chi connectivity index (χ0v) is 13.5. The van der Waals surface area contributed by atoms with Crippen LogP contribution in [0.15, 0.2) is 18.2 Å². The van der Waals surface area contributed by atoms with Gasteiger partial charge in [0.1, 0.15) is 5.82 Å². The Hall–Kier alpha value is -0.640. The number of halogens is 2. The van der Waals surface area contributed by atoms with Crippen molar-refractivity contribution in [1.82, 2.24) is 10.2 Å². The molecular weight excluding hydrogens is 287 g/mol. The van der Waals surface area contributed by atoms with Crippen molar-refractivity contribution in [3.63, 3.8) is 0 Å². The molecule has 2 unspecified atom stereocenters. The molecule has 2 atom stereocenters. The molecule has 0 radical (unpaired) electrons. The third kappa shape index (κ3) is 3.58. The molecule has 1 saturated carbocycles. The number of hydrogen-bond acceptors (Lipinski definition) is 2. The van der Waals surface area contributed by atoms with Crippen molar-refractivity contribution in [3.8, 4) is 0 Å². The van der Waals surface area contributed by atoms with E-state index in [1.807, 2.05) is 0 Å². The van der Waals surface area contributed by atoms with Crippen molar-refractivity contribution in [1.29, 1.82) is 0 Å². The van der Waals surface area contributed by atoms with Crippen LogP contribution in [0.3, 0.4) is 0 Å². The van der Waals surface area contributed by atoms with Crippen LogP contribution in [-0.4, -0.2) is 30.1 Å². The molecule has 116 valence electrons. The first-order chi connectivity index (χ1) is 10.0. The SMILES string of the molecule is CC(C)C1CN(Cc2cc(Cl)ccc2F)C(C2CC2)CN1. The Bertz CT molecular complexity index is 502. The van der Waals surface area contributed by atoms with Crippen molar-refractivity contribution in [3.05, 3.63) is 34.6 Å². The standard InChI is InChI=1S/C17H24ClFN2/c1-11(2)16-10-21(17(8-20-16)12-3-4-12)9-13-7-14(18)5-6-15(13)19/h5-7,11-12,16-17,20H,3-4,8-10H2,1-2H3. The van der Waals surface area contributed by atoms with Gasteiger partial charge in [0.25, 0.3) is 0 Å². The summed E-state index contributed by atoms with van der Waals surface area (Å²) in [6.07, 6.45) is 2.63. The van der Waals surface area contributed by atoms with Crippen LogP contribution in [0, 0.1) is 17.7 Å². The van der Waals surface area contributed by atoms with Gasteiger partial charge >= 0.3 is 0 Å². The van der Waals surface area contributed by atoms with Crippen LogP contribution in [-0.2, 0) is 6.54 Å². The molecule has 0 bridgehead atoms. The molecule has 0 spiro atoms. The summed E-state index contributed by atoms with van der Waals surface area (Å²) in [5, 5.41) is 4.29. The quantitative estimate of drug-likeness (QED) is 0.912. The van der Waals surface area contributed by atoms with Crippen LogP contribution >= 0.6 is 11.6 Å². The Balaban J connectivity index is 1.76. The molecule has 1 saturated heterocycles. The fourth-order valence-corrected chi connectivity index (χ4v) is 3.51. The molecule has 1 aromatic carbocycles. The second kappa shape index (κ2) is 6.23. The molecule has 1 N–H and O–H groups in total. The van der Waals surface area contributed by atoms with E-state index in [-0.39, 0.29) is 5.82 Å². The number of nitrogens with zero attached hydrogens (tertiary/aromatic N) is 1. The first-order valence-corrected chi connectivity index (χ1v) is 8.33. The maximum absolute atomic E-state index is 14.0. The van der Waals surface area contributed by atoms with Gasteiger partial charge in [-0.1, -0.05) is 25.4 Å². The maximum atomic E-state index is 14.0. The van der Waals surface area contributed by atoms with E-state index in [2.05, 4.69) is 24.1 Å². The lowest BCUT2D eigenvalue weighted by atomic mass is 9.97. The molecular formula is C17H24ClFN2. The summed E-state index contributed by atoms with van der Waals surface area (Å²) >= 11 is 6.03. The van der Waals surface area contributed by atoms with E-state index in [0.717, 1.165) is 24.6 Å². The fraction of sp³-hybridized carbons (Fsp3) is 0.647. The van der Waals surface area contributed by atoms with Gasteiger partial charge in [-0.15, -0.1) is 0 Å². The Morgan fingerprint density at radius 2 is 2.14 bits per heavy atom. The van der Waals surface area contributed by atoms with E-state index in [4.69, 9.17) is 11.6 Å². The van der Waals surface area contributed by atoms with Crippen LogP contribution < -0.4 is 5.32 Å². The molecule has 2 aliphatic rings. The third-order valence-electron chi connectivity index (χ3n) is 4.84. The summed E-state index contributed by atoms with van der Waals surface area (Å²) in [5.74, 6) is 1.23. The Morgan fingerprint density at radius 1 is 1.38 bits per heavy atom. The second-order valence-corrected chi connectivity index (χ2v) is 7.27. The van der Waals surface area contributed by atoms with Crippen molar-refractivity contribution in [2.24, 2.45) is 11.8 Å². The molecule has 21 heavy (non-hydrogen) atoms. The molecule has 0 amide bonds. The summed E-state index contributed by atoms with van der Waals surface area (Å²) in [6, 6.07) is 5.90. The molecule has 2 fully saturated rings. The maximum Gasteiger partial charge on any atom is 0.127 e. The minimum atomic E-state index is -0.145. The molecule has 1 aliphatic carbocycles. The number of piperazine rings is 1. The van der Waals surface area contributed by atoms with E-state index < -0.39 is 0 Å². The first kappa shape index (κ1) is 15.3. The van der Waals surface area contributed by atoms with E-state index in [1.54, 1.807) is 12.1 Å². The molecule has 1 aromatic rings. The molecule has 2 nitrogen and oxygen atoms in total. The summed E-state index contributed by atoms with van der Waals surface area (Å²) in [6.45, 7) is 7.17. The Morgan fingerprint density at radius 3 is 2.81 bits per heavy atom. The topological polar surface area (TPSA) is 15.3 Å². The highest BCUT2D eigenvalue weighted by Gasteiger charge is 2.39. The molecule has 4 heteroatoms. The van der Waals surface area contributed by atoms with Crippen LogP contribution in [0.1, 0.15) is 32.3 Å². The number of hydrogen-bond donors (Lipinski definition) is 1. The van der Waals surface area contributed by atoms with Crippen molar-refractivity contribution in [2.75, 3.05) is 13.1 Å². The largest absolute Gasteiger partial charge is 0.311 e. The van der Waals surface area contributed by atoms with Gasteiger partial charge in [0.15, 0.2) is 0 Å². The highest BCUT2D eigenvalue weighted by atomic mass is 35.5. The van der Waals surface area contributed by atoms with Gasteiger partial charge in [-0.2, -0.15) is 0 Å². The summed E-state index contributed by atoms with van der Waals surface area (Å²) in [4.78, 5) is 2.47. The van der Waals surface area contributed by atoms with Crippen molar-refractivity contribution < 1.29 is 4.39 Å². The van der Waals surface area contributed by atoms with Crippen LogP contribution in [0.4, 0.5) is 4.39 Å². The predicted octanol–water partition coefficient (Wildman–Crippen LogP) is 3.69. The summed E-state index contributed by atoms with van der Waals surface area (Å²) in [7, 11) is 0. The number of nitrogens with one attached hydrogen (secondary N) is 1. The van der Waals surface area contributed by atoms with Gasteiger partial charge in [-0.05, 0) is 42.9 Å². The molecule has 0 aromatic heterocycles. The summed E-state index contributed by atoms with van der Waals surface area (Å²) < 4.78 is 14.0. The number of rotatable bonds is 4. The average molecular weight is 311 g/mol. The Labute approximate surface area is 131 Å². The van der Waals surface area contributed by atoms with E-state index in [1.165, 1.54) is 18.9 Å². The van der Waals surface area contributed by atoms with Crippen molar-refractivity contribution >= 4 is 11.6 Å². The minimum absolute atomic E-state index is 0.145. The normalized spacial score (nSPS) is 27.3. The lowest BCUT2D eigenvalue weighted by Gasteiger charge is -2.42. The van der Waals surface area contributed by atoms with Gasteiger partial charge in [-0.3, -0.25) is 4.90 Å². The van der Waals surface area contributed by atoms with Gasteiger partial charge in [0, 0.05) is 42.3 Å². The highest BCUT2D eigenvalue weighted by Crippen LogP contribution is 2.37. The molecule has 1 aliphatic heterocycles. The van der Waals surface area contributed by atoms with E-state index in [9.17, 15) is 4.39 Å². The van der Waals surface area contributed by atoms with Gasteiger partial charge < -0.3 is 5.32 Å². The monoisotopic (exact) mass is 310 g/mol. The van der Waals surface area contributed by atoms with Gasteiger partial charge in [0.2, 0.25) is 0 Å². The Kier molecular flexibility index (Phi) is 4.53. The van der Waals surface area contributed by atoms with Crippen LogP contribution in [0.5, 0.6) is 0 Å². The fourth-order valence-electron chi connectivity index (χ4n) is 3.31. The predicted molar refractivity (Wildman–Crippen MR) is 85.0 cm³/mol. The minimum Gasteiger partial charge on any atom is -0.311 e. The second-order valence-electron chi connectivity index (χ2n) is 6.83. The van der Waals surface area contributed by atoms with Crippen molar-refractivity contribution in [2.45, 2.75) is 45.3 Å². The zero-order chi connectivity index (χ0) is 15.0.